The maximum absolute atomic E-state index is 9.81. The van der Waals surface area contributed by atoms with Crippen molar-refractivity contribution in [2.24, 2.45) is 9.98 Å². The van der Waals surface area contributed by atoms with E-state index in [1.807, 2.05) is 48.5 Å². The van der Waals surface area contributed by atoms with E-state index < -0.39 is 11.9 Å². The molecule has 0 bridgehead atoms. The summed E-state index contributed by atoms with van der Waals surface area (Å²) in [6.45, 7) is 2.17. The number of phenolic OH excluding ortho intramolecular Hbond substituents is 2. The molecule has 10 heteroatoms. The molecular formula is C31H30Cu2N2O6. The van der Waals surface area contributed by atoms with Crippen LogP contribution in [0.2, 0.25) is 0 Å². The zero-order valence-electron chi connectivity index (χ0n) is 22.2. The van der Waals surface area contributed by atoms with Gasteiger partial charge >= 0.3 is 0 Å². The fourth-order valence-corrected chi connectivity index (χ4v) is 3.12. The van der Waals surface area contributed by atoms with Crippen LogP contribution in [0.1, 0.15) is 36.1 Å². The Kier molecular flexibility index (Phi) is 17.8. The van der Waals surface area contributed by atoms with Crippen molar-refractivity contribution in [3.05, 3.63) is 119 Å². The van der Waals surface area contributed by atoms with Crippen LogP contribution < -0.4 is 0 Å². The first-order valence-corrected chi connectivity index (χ1v) is 11.8. The Morgan fingerprint density at radius 1 is 0.585 bits per heavy atom. The van der Waals surface area contributed by atoms with Gasteiger partial charge in [0.1, 0.15) is 11.5 Å². The fraction of sp³-hybridized carbons (Fsp3) is 0.0968. The maximum atomic E-state index is 9.81. The number of carboxylic acid groups (broad SMARTS) is 2. The molecule has 0 aromatic heterocycles. The van der Waals surface area contributed by atoms with Gasteiger partial charge in [-0.3, -0.25) is 19.6 Å². The molecule has 4 N–H and O–H groups in total. The van der Waals surface area contributed by atoms with Crippen molar-refractivity contribution in [3.63, 3.8) is 0 Å². The molecule has 0 fully saturated rings. The van der Waals surface area contributed by atoms with E-state index in [-0.39, 0.29) is 45.6 Å². The first-order chi connectivity index (χ1) is 18.6. The van der Waals surface area contributed by atoms with Gasteiger partial charge in [0.2, 0.25) is 0 Å². The number of aliphatic carboxylic acids is 2. The van der Waals surface area contributed by atoms with Crippen molar-refractivity contribution < 1.29 is 64.2 Å². The van der Waals surface area contributed by atoms with E-state index in [1.54, 1.807) is 36.7 Å². The summed E-state index contributed by atoms with van der Waals surface area (Å²) in [5.41, 5.74) is 5.43. The molecule has 0 spiro atoms. The van der Waals surface area contributed by atoms with Crippen LogP contribution in [0.5, 0.6) is 11.5 Å². The maximum Gasteiger partial charge on any atom is 0.300 e. The van der Waals surface area contributed by atoms with Crippen molar-refractivity contribution >= 4 is 35.7 Å². The Labute approximate surface area is 260 Å². The quantitative estimate of drug-likeness (QED) is 0.141. The zero-order chi connectivity index (χ0) is 28.6. The van der Waals surface area contributed by atoms with Crippen LogP contribution in [0.3, 0.4) is 0 Å². The Hall–Kier alpha value is -4.20. The minimum absolute atomic E-state index is 0. The molecule has 0 amide bonds. The summed E-state index contributed by atoms with van der Waals surface area (Å²) in [7, 11) is 0. The SMILES string of the molecule is CC(=O)O.CC(=O)O.Oc1ccccc1C=Nc1ccc(Cc2ccc(N=Cc3ccccc3O)cc2)cc1.[Cu].[Cu]. The van der Waals surface area contributed by atoms with Gasteiger partial charge in [0.25, 0.3) is 11.9 Å². The number of aliphatic imine (C=N–C) groups is 2. The predicted molar refractivity (Wildman–Crippen MR) is 153 cm³/mol. The summed E-state index contributed by atoms with van der Waals surface area (Å²) >= 11 is 0. The topological polar surface area (TPSA) is 140 Å². The summed E-state index contributed by atoms with van der Waals surface area (Å²) in [6.07, 6.45) is 4.14. The van der Waals surface area contributed by atoms with Gasteiger partial charge in [-0.15, -0.1) is 0 Å². The molecule has 0 aliphatic carbocycles. The van der Waals surface area contributed by atoms with Gasteiger partial charge in [-0.05, 0) is 66.1 Å². The second-order valence-electron chi connectivity index (χ2n) is 8.18. The van der Waals surface area contributed by atoms with Gasteiger partial charge in [0.05, 0.1) is 11.4 Å². The van der Waals surface area contributed by atoms with Crippen LogP contribution in [0.4, 0.5) is 11.4 Å². The molecule has 0 atom stereocenters. The van der Waals surface area contributed by atoms with Crippen LogP contribution in [-0.4, -0.2) is 44.8 Å². The zero-order valence-corrected chi connectivity index (χ0v) is 24.1. The van der Waals surface area contributed by atoms with Crippen molar-refractivity contribution in [1.82, 2.24) is 0 Å². The monoisotopic (exact) mass is 652 g/mol. The van der Waals surface area contributed by atoms with E-state index in [9.17, 15) is 10.2 Å². The molecule has 222 valence electrons. The molecule has 0 saturated carbocycles. The minimum atomic E-state index is -0.833. The summed E-state index contributed by atoms with van der Waals surface area (Å²) in [5, 5.41) is 34.5. The second kappa shape index (κ2) is 19.8. The van der Waals surface area contributed by atoms with Crippen LogP contribution >= 0.6 is 0 Å². The van der Waals surface area contributed by atoms with Gasteiger partial charge in [-0.1, -0.05) is 48.5 Å². The molecular weight excluding hydrogens is 623 g/mol. The summed E-state index contributed by atoms with van der Waals surface area (Å²) < 4.78 is 0. The number of aromatic hydroxyl groups is 2. The Morgan fingerprint density at radius 2 is 0.878 bits per heavy atom. The molecule has 8 nitrogen and oxygen atoms in total. The number of nitrogens with zero attached hydrogens (tertiary/aromatic N) is 2. The van der Waals surface area contributed by atoms with Crippen molar-refractivity contribution in [2.75, 3.05) is 0 Å². The Balaban J connectivity index is 0.00000142. The van der Waals surface area contributed by atoms with Crippen molar-refractivity contribution in [2.45, 2.75) is 20.3 Å². The number of para-hydroxylation sites is 2. The van der Waals surface area contributed by atoms with Gasteiger partial charge < -0.3 is 20.4 Å². The van der Waals surface area contributed by atoms with Crippen LogP contribution in [0.25, 0.3) is 0 Å². The second-order valence-corrected chi connectivity index (χ2v) is 8.18. The third-order valence-electron chi connectivity index (χ3n) is 4.86. The molecule has 4 aromatic rings. The standard InChI is InChI=1S/C27H22N2O2.2C2H4O2.2Cu/c30-26-7-3-1-5-22(26)18-28-24-13-9-20(10-14-24)17-21-11-15-25(16-12-21)29-19-23-6-2-4-8-27(23)31;2*1-2(3)4;;/h1-16,18-19,30-31H,17H2;2*1H3,(H,3,4);;. The number of carbonyl (C=O) groups is 2. The number of benzene rings is 4. The molecule has 0 aliphatic rings. The first-order valence-electron chi connectivity index (χ1n) is 11.8. The van der Waals surface area contributed by atoms with E-state index in [1.165, 1.54) is 11.1 Å². The third kappa shape index (κ3) is 15.2. The van der Waals surface area contributed by atoms with Crippen molar-refractivity contribution in [3.8, 4) is 11.5 Å². The summed E-state index contributed by atoms with van der Waals surface area (Å²) in [4.78, 5) is 26.9. The fourth-order valence-electron chi connectivity index (χ4n) is 3.12. The van der Waals surface area contributed by atoms with Gasteiger partial charge in [0, 0.05) is 71.5 Å². The number of hydrogen-bond donors (Lipinski definition) is 4. The molecule has 0 saturated heterocycles. The molecule has 2 radical (unpaired) electrons. The summed E-state index contributed by atoms with van der Waals surface area (Å²) in [5.74, 6) is -1.23. The third-order valence-corrected chi connectivity index (χ3v) is 4.86. The number of carboxylic acids is 2. The Morgan fingerprint density at radius 3 is 1.17 bits per heavy atom. The van der Waals surface area contributed by atoms with Crippen LogP contribution in [-0.2, 0) is 50.1 Å². The van der Waals surface area contributed by atoms with E-state index >= 15 is 0 Å². The van der Waals surface area contributed by atoms with E-state index in [0.717, 1.165) is 31.6 Å². The summed E-state index contributed by atoms with van der Waals surface area (Å²) in [6, 6.07) is 30.3. The number of phenols is 2. The van der Waals surface area contributed by atoms with Gasteiger partial charge in [0.15, 0.2) is 0 Å². The Bertz CT molecular complexity index is 1310. The van der Waals surface area contributed by atoms with Gasteiger partial charge in [-0.25, -0.2) is 0 Å². The molecule has 4 rings (SSSR count). The van der Waals surface area contributed by atoms with Crippen molar-refractivity contribution in [1.29, 1.82) is 0 Å². The smallest absolute Gasteiger partial charge is 0.300 e. The molecule has 0 aliphatic heterocycles. The predicted octanol–water partition coefficient (Wildman–Crippen LogP) is 6.37. The average Bonchev–Trinajstić information content (AvgIpc) is 2.89. The van der Waals surface area contributed by atoms with Crippen LogP contribution in [0, 0.1) is 0 Å². The number of hydrogen-bond acceptors (Lipinski definition) is 6. The van der Waals surface area contributed by atoms with E-state index in [0.29, 0.717) is 11.1 Å². The van der Waals surface area contributed by atoms with E-state index in [2.05, 4.69) is 34.3 Å². The molecule has 0 heterocycles. The van der Waals surface area contributed by atoms with Crippen LogP contribution in [0.15, 0.2) is 107 Å². The molecule has 41 heavy (non-hydrogen) atoms. The largest absolute Gasteiger partial charge is 0.507 e. The first kappa shape index (κ1) is 36.8. The molecule has 4 aromatic carbocycles. The minimum Gasteiger partial charge on any atom is -0.507 e. The van der Waals surface area contributed by atoms with E-state index in [4.69, 9.17) is 19.8 Å². The average molecular weight is 654 g/mol. The van der Waals surface area contributed by atoms with Gasteiger partial charge in [-0.2, -0.15) is 0 Å². The normalized spacial score (nSPS) is 9.80. The number of rotatable bonds is 6. The molecule has 0 unspecified atom stereocenters.